The first-order valence-electron chi connectivity index (χ1n) is 22.0. The van der Waals surface area contributed by atoms with Gasteiger partial charge in [-0.05, 0) is 119 Å². The van der Waals surface area contributed by atoms with Gasteiger partial charge in [0.15, 0.2) is 0 Å². The molecule has 298 valence electrons. The first-order valence-corrected chi connectivity index (χ1v) is 22.0. The van der Waals surface area contributed by atoms with Gasteiger partial charge in [-0.3, -0.25) is 0 Å². The van der Waals surface area contributed by atoms with Crippen LogP contribution in [0.1, 0.15) is 0 Å². The topological polar surface area (TPSA) is 16.4 Å². The van der Waals surface area contributed by atoms with Crippen LogP contribution in [-0.2, 0) is 0 Å². The summed E-state index contributed by atoms with van der Waals surface area (Å²) in [4.78, 5) is 2.46. The van der Waals surface area contributed by atoms with Gasteiger partial charge in [-0.1, -0.05) is 194 Å². The molecule has 0 bridgehead atoms. The highest BCUT2D eigenvalue weighted by molar-refractivity contribution is 6.23. The standard InChI is InChI=1S/C62H39NO/c1-3-18-42(19-4-1)59-53-26-12-11-24-50(53)51-37-34-46(39-56(51)60(59)43-20-5-2-6-21-43)63(45-33-36-48-44(38-45)31-30-40-16-7-9-22-47(40)48)57-28-14-13-25-52(57)54-27-15-29-58-61(54)55-35-32-41-17-8-10-23-49(41)62(55)64-58/h1-39H. The van der Waals surface area contributed by atoms with Gasteiger partial charge in [-0.25, -0.2) is 0 Å². The summed E-state index contributed by atoms with van der Waals surface area (Å²) in [5.74, 6) is 0. The Kier molecular flexibility index (Phi) is 8.25. The van der Waals surface area contributed by atoms with E-state index < -0.39 is 0 Å². The van der Waals surface area contributed by atoms with Crippen molar-refractivity contribution < 1.29 is 4.42 Å². The highest BCUT2D eigenvalue weighted by Gasteiger charge is 2.24. The van der Waals surface area contributed by atoms with Crippen molar-refractivity contribution in [3.05, 3.63) is 237 Å². The van der Waals surface area contributed by atoms with E-state index in [4.69, 9.17) is 4.42 Å². The van der Waals surface area contributed by atoms with E-state index in [1.54, 1.807) is 0 Å². The molecule has 13 rings (SSSR count). The smallest absolute Gasteiger partial charge is 0.143 e. The van der Waals surface area contributed by atoms with Crippen LogP contribution < -0.4 is 4.90 Å². The van der Waals surface area contributed by atoms with Crippen LogP contribution in [0.2, 0.25) is 0 Å². The SMILES string of the molecule is c1ccc(-c2c(-c3ccccc3)c3cc(N(c4ccc5c(ccc6ccccc65)c4)c4ccccc4-c4cccc5oc6c7ccccc7ccc6c45)ccc3c3ccccc23)cc1. The summed E-state index contributed by atoms with van der Waals surface area (Å²) in [5.41, 5.74) is 12.1. The summed E-state index contributed by atoms with van der Waals surface area (Å²) in [7, 11) is 0. The Morgan fingerprint density at radius 3 is 1.59 bits per heavy atom. The number of anilines is 3. The van der Waals surface area contributed by atoms with Gasteiger partial charge in [0, 0.05) is 33.1 Å². The fraction of sp³-hybridized carbons (Fsp3) is 0. The van der Waals surface area contributed by atoms with Crippen LogP contribution in [0.5, 0.6) is 0 Å². The molecule has 13 aromatic rings. The van der Waals surface area contributed by atoms with Crippen molar-refractivity contribution in [1.82, 2.24) is 0 Å². The fourth-order valence-electron chi connectivity index (χ4n) is 10.4. The van der Waals surface area contributed by atoms with Gasteiger partial charge in [0.2, 0.25) is 0 Å². The van der Waals surface area contributed by atoms with E-state index in [2.05, 4.69) is 241 Å². The monoisotopic (exact) mass is 813 g/mol. The van der Waals surface area contributed by atoms with Crippen LogP contribution in [-0.4, -0.2) is 0 Å². The lowest BCUT2D eigenvalue weighted by molar-refractivity contribution is 0.673. The van der Waals surface area contributed by atoms with Gasteiger partial charge in [0.05, 0.1) is 5.69 Å². The van der Waals surface area contributed by atoms with E-state index in [9.17, 15) is 0 Å². The average molecular weight is 814 g/mol. The molecule has 0 aliphatic rings. The summed E-state index contributed by atoms with van der Waals surface area (Å²) in [5, 5.41) is 14.3. The molecule has 0 N–H and O–H groups in total. The minimum absolute atomic E-state index is 0.876. The van der Waals surface area contributed by atoms with Gasteiger partial charge in [0.25, 0.3) is 0 Å². The zero-order valence-corrected chi connectivity index (χ0v) is 34.9. The maximum Gasteiger partial charge on any atom is 0.143 e. The second-order valence-corrected chi connectivity index (χ2v) is 16.7. The van der Waals surface area contributed by atoms with Gasteiger partial charge >= 0.3 is 0 Å². The van der Waals surface area contributed by atoms with Crippen LogP contribution in [0.3, 0.4) is 0 Å². The Morgan fingerprint density at radius 2 is 0.812 bits per heavy atom. The molecule has 64 heavy (non-hydrogen) atoms. The Labute approximate surface area is 370 Å². The largest absolute Gasteiger partial charge is 0.455 e. The Hall–Kier alpha value is -8.46. The maximum absolute atomic E-state index is 6.75. The third-order valence-corrected chi connectivity index (χ3v) is 13.2. The third-order valence-electron chi connectivity index (χ3n) is 13.2. The summed E-state index contributed by atoms with van der Waals surface area (Å²) in [6.07, 6.45) is 0. The van der Waals surface area contributed by atoms with E-state index in [1.165, 1.54) is 70.7 Å². The number of para-hydroxylation sites is 1. The molecule has 0 spiro atoms. The van der Waals surface area contributed by atoms with E-state index in [0.717, 1.165) is 55.5 Å². The molecule has 0 saturated carbocycles. The highest BCUT2D eigenvalue weighted by atomic mass is 16.3. The molecule has 2 heteroatoms. The molecular formula is C62H39NO. The zero-order valence-electron chi connectivity index (χ0n) is 34.9. The number of rotatable bonds is 6. The molecule has 0 unspecified atom stereocenters. The van der Waals surface area contributed by atoms with Gasteiger partial charge in [0.1, 0.15) is 11.2 Å². The first kappa shape index (κ1) is 36.2. The van der Waals surface area contributed by atoms with E-state index in [0.29, 0.717) is 0 Å². The van der Waals surface area contributed by atoms with Crippen LogP contribution >= 0.6 is 0 Å². The minimum atomic E-state index is 0.876. The Balaban J connectivity index is 1.12. The number of benzene rings is 12. The van der Waals surface area contributed by atoms with Crippen molar-refractivity contribution in [2.45, 2.75) is 0 Å². The molecule has 2 nitrogen and oxygen atoms in total. The van der Waals surface area contributed by atoms with Crippen LogP contribution in [0, 0.1) is 0 Å². The number of fused-ring (bicyclic) bond motifs is 11. The fourth-order valence-corrected chi connectivity index (χ4v) is 10.4. The van der Waals surface area contributed by atoms with Crippen molar-refractivity contribution in [3.8, 4) is 33.4 Å². The van der Waals surface area contributed by atoms with E-state index >= 15 is 0 Å². The predicted molar refractivity (Wildman–Crippen MR) is 272 cm³/mol. The summed E-state index contributed by atoms with van der Waals surface area (Å²) in [6, 6.07) is 86.2. The van der Waals surface area contributed by atoms with Gasteiger partial charge < -0.3 is 9.32 Å². The molecule has 1 heterocycles. The van der Waals surface area contributed by atoms with Crippen LogP contribution in [0.15, 0.2) is 241 Å². The van der Waals surface area contributed by atoms with Crippen molar-refractivity contribution in [3.63, 3.8) is 0 Å². The molecule has 0 saturated heterocycles. The average Bonchev–Trinajstić information content (AvgIpc) is 3.76. The van der Waals surface area contributed by atoms with Gasteiger partial charge in [-0.15, -0.1) is 0 Å². The van der Waals surface area contributed by atoms with Gasteiger partial charge in [-0.2, -0.15) is 0 Å². The molecule has 0 atom stereocenters. The third kappa shape index (κ3) is 5.66. The lowest BCUT2D eigenvalue weighted by atomic mass is 9.85. The summed E-state index contributed by atoms with van der Waals surface area (Å²) in [6.45, 7) is 0. The molecular weight excluding hydrogens is 775 g/mol. The predicted octanol–water partition coefficient (Wildman–Crippen LogP) is 17.8. The highest BCUT2D eigenvalue weighted by Crippen LogP contribution is 2.49. The second kappa shape index (κ2) is 14.6. The molecule has 0 aliphatic carbocycles. The quantitative estimate of drug-likeness (QED) is 0.156. The van der Waals surface area contributed by atoms with Crippen LogP contribution in [0.25, 0.3) is 109 Å². The molecule has 0 aliphatic heterocycles. The van der Waals surface area contributed by atoms with E-state index in [1.807, 2.05) is 0 Å². The summed E-state index contributed by atoms with van der Waals surface area (Å²) >= 11 is 0. The Morgan fingerprint density at radius 1 is 0.297 bits per heavy atom. The zero-order chi connectivity index (χ0) is 42.1. The molecule has 12 aromatic carbocycles. The molecule has 0 radical (unpaired) electrons. The van der Waals surface area contributed by atoms with Crippen molar-refractivity contribution in [2.75, 3.05) is 4.90 Å². The van der Waals surface area contributed by atoms with E-state index in [-0.39, 0.29) is 0 Å². The molecule has 0 fully saturated rings. The number of nitrogens with zero attached hydrogens (tertiary/aromatic N) is 1. The summed E-state index contributed by atoms with van der Waals surface area (Å²) < 4.78 is 6.75. The van der Waals surface area contributed by atoms with Crippen molar-refractivity contribution in [2.24, 2.45) is 0 Å². The second-order valence-electron chi connectivity index (χ2n) is 16.7. The Bertz CT molecular complexity index is 3960. The number of hydrogen-bond acceptors (Lipinski definition) is 2. The molecule has 0 amide bonds. The van der Waals surface area contributed by atoms with Crippen LogP contribution in [0.4, 0.5) is 17.1 Å². The first-order chi connectivity index (χ1) is 31.8. The van der Waals surface area contributed by atoms with Crippen molar-refractivity contribution >= 4 is 92.9 Å². The lowest BCUT2D eigenvalue weighted by Gasteiger charge is -2.29. The lowest BCUT2D eigenvalue weighted by Crippen LogP contribution is -2.11. The maximum atomic E-state index is 6.75. The van der Waals surface area contributed by atoms with Crippen molar-refractivity contribution in [1.29, 1.82) is 0 Å². The number of furan rings is 1. The number of hydrogen-bond donors (Lipinski definition) is 0. The molecule has 1 aromatic heterocycles. The minimum Gasteiger partial charge on any atom is -0.455 e. The normalized spacial score (nSPS) is 11.8.